The molecule has 2 saturated heterocycles. The minimum Gasteiger partial charge on any atom is -0.494 e. The highest BCUT2D eigenvalue weighted by molar-refractivity contribution is 7.92. The second-order valence-corrected chi connectivity index (χ2v) is 13.4. The van der Waals surface area contributed by atoms with Crippen LogP contribution in [0.2, 0.25) is 0 Å². The van der Waals surface area contributed by atoms with Crippen molar-refractivity contribution in [2.45, 2.75) is 42.9 Å². The molecule has 3 aromatic rings. The molecule has 0 aliphatic carbocycles. The minimum atomic E-state index is -3.49. The molecule has 2 N–H and O–H groups in total. The summed E-state index contributed by atoms with van der Waals surface area (Å²) < 4.78 is 31.4. The molecule has 3 heterocycles. The maximum Gasteiger partial charge on any atom is 0.232 e. The molecule has 2 aromatic carbocycles. The molecule has 0 atom stereocenters. The van der Waals surface area contributed by atoms with Gasteiger partial charge in [-0.2, -0.15) is 4.98 Å². The number of sulfone groups is 1. The van der Waals surface area contributed by atoms with E-state index in [9.17, 15) is 8.42 Å². The number of rotatable bonds is 9. The van der Waals surface area contributed by atoms with Crippen LogP contribution in [0.25, 0.3) is 0 Å². The van der Waals surface area contributed by atoms with Gasteiger partial charge in [0.25, 0.3) is 0 Å². The first-order chi connectivity index (χ1) is 19.7. The standard InChI is InChI=1S/C29H40N8O3S/c1-21(2)41(38,39)27-8-6-5-7-25(27)33-29-31-20-30-28(34-29)32-24-10-9-23(19-26(24)40-4)37-17-15-36(16-18-37)22-11-13-35(3)14-12-22/h5-10,19-22H,11-18H2,1-4H3,(H2,30,31,32,33,34). The van der Waals surface area contributed by atoms with Gasteiger partial charge in [-0.3, -0.25) is 4.90 Å². The van der Waals surface area contributed by atoms with E-state index in [1.807, 2.05) is 12.1 Å². The van der Waals surface area contributed by atoms with Crippen molar-refractivity contribution in [2.24, 2.45) is 0 Å². The zero-order valence-corrected chi connectivity index (χ0v) is 25.1. The molecule has 12 heteroatoms. The zero-order valence-electron chi connectivity index (χ0n) is 24.2. The van der Waals surface area contributed by atoms with Crippen molar-refractivity contribution >= 4 is 38.8 Å². The fourth-order valence-corrected chi connectivity index (χ4v) is 6.62. The number of nitrogens with one attached hydrogen (secondary N) is 2. The van der Waals surface area contributed by atoms with Crippen molar-refractivity contribution in [3.05, 3.63) is 48.8 Å². The summed E-state index contributed by atoms with van der Waals surface area (Å²) in [5.74, 6) is 1.22. The third kappa shape index (κ3) is 6.71. The number of aromatic nitrogens is 3. The van der Waals surface area contributed by atoms with Gasteiger partial charge in [-0.1, -0.05) is 12.1 Å². The molecule has 0 saturated carbocycles. The molecule has 1 aromatic heterocycles. The second kappa shape index (κ2) is 12.6. The van der Waals surface area contributed by atoms with Crippen LogP contribution in [0.4, 0.5) is 29.0 Å². The fraction of sp³-hybridized carbons (Fsp3) is 0.483. The molecule has 0 bridgehead atoms. The molecule has 2 fully saturated rings. The first kappa shape index (κ1) is 29.0. The Hall–Kier alpha value is -3.48. The van der Waals surface area contributed by atoms with Gasteiger partial charge in [0.15, 0.2) is 9.84 Å². The molecule has 0 amide bonds. The number of hydrogen-bond acceptors (Lipinski definition) is 11. The predicted molar refractivity (Wildman–Crippen MR) is 162 cm³/mol. The summed E-state index contributed by atoms with van der Waals surface area (Å²) in [5, 5.41) is 5.71. The Morgan fingerprint density at radius 2 is 1.56 bits per heavy atom. The lowest BCUT2D eigenvalue weighted by molar-refractivity contribution is 0.115. The van der Waals surface area contributed by atoms with E-state index in [-0.39, 0.29) is 10.8 Å². The summed E-state index contributed by atoms with van der Waals surface area (Å²) in [7, 11) is 0.361. The van der Waals surface area contributed by atoms with E-state index in [0.717, 1.165) is 37.6 Å². The van der Waals surface area contributed by atoms with Crippen molar-refractivity contribution in [1.29, 1.82) is 0 Å². The van der Waals surface area contributed by atoms with E-state index in [1.54, 1.807) is 45.2 Å². The number of piperazine rings is 1. The summed E-state index contributed by atoms with van der Waals surface area (Å²) >= 11 is 0. The first-order valence-electron chi connectivity index (χ1n) is 14.2. The molecular weight excluding hydrogens is 540 g/mol. The van der Waals surface area contributed by atoms with Crippen LogP contribution in [0.1, 0.15) is 26.7 Å². The quantitative estimate of drug-likeness (QED) is 0.385. The first-order valence-corrected chi connectivity index (χ1v) is 15.7. The topological polar surface area (TPSA) is 116 Å². The average molecular weight is 581 g/mol. The summed E-state index contributed by atoms with van der Waals surface area (Å²) in [4.78, 5) is 20.6. The lowest BCUT2D eigenvalue weighted by atomic mass is 10.0. The van der Waals surface area contributed by atoms with Crippen LogP contribution in [0, 0.1) is 0 Å². The Balaban J connectivity index is 1.26. The predicted octanol–water partition coefficient (Wildman–Crippen LogP) is 3.77. The van der Waals surface area contributed by atoms with E-state index in [0.29, 0.717) is 23.4 Å². The lowest BCUT2D eigenvalue weighted by Gasteiger charge is -2.43. The van der Waals surface area contributed by atoms with E-state index in [2.05, 4.69) is 53.4 Å². The Labute approximate surface area is 242 Å². The number of para-hydroxylation sites is 1. The molecule has 220 valence electrons. The van der Waals surface area contributed by atoms with E-state index in [4.69, 9.17) is 4.74 Å². The highest BCUT2D eigenvalue weighted by atomic mass is 32.2. The smallest absolute Gasteiger partial charge is 0.232 e. The van der Waals surface area contributed by atoms with Gasteiger partial charge in [0, 0.05) is 44.0 Å². The van der Waals surface area contributed by atoms with E-state index < -0.39 is 15.1 Å². The molecule has 41 heavy (non-hydrogen) atoms. The van der Waals surface area contributed by atoms with Gasteiger partial charge in [0.1, 0.15) is 12.1 Å². The molecular formula is C29H40N8O3S. The molecule has 0 spiro atoms. The molecule has 5 rings (SSSR count). The van der Waals surface area contributed by atoms with E-state index >= 15 is 0 Å². The van der Waals surface area contributed by atoms with Crippen LogP contribution in [0.5, 0.6) is 5.75 Å². The number of ether oxygens (including phenoxy) is 1. The van der Waals surface area contributed by atoms with Crippen LogP contribution >= 0.6 is 0 Å². The van der Waals surface area contributed by atoms with Gasteiger partial charge in [0.2, 0.25) is 11.9 Å². The molecule has 2 aliphatic rings. The van der Waals surface area contributed by atoms with Crippen molar-refractivity contribution in [3.8, 4) is 5.75 Å². The third-order valence-electron chi connectivity index (χ3n) is 7.95. The normalized spacial score (nSPS) is 17.5. The summed E-state index contributed by atoms with van der Waals surface area (Å²) in [6.45, 7) is 9.79. The second-order valence-electron chi connectivity index (χ2n) is 10.9. The van der Waals surface area contributed by atoms with Crippen LogP contribution in [0.3, 0.4) is 0 Å². The number of hydrogen-bond donors (Lipinski definition) is 2. The Morgan fingerprint density at radius 1 is 0.902 bits per heavy atom. The maximum atomic E-state index is 12.8. The van der Waals surface area contributed by atoms with Crippen molar-refractivity contribution in [1.82, 2.24) is 24.8 Å². The number of methoxy groups -OCH3 is 1. The maximum absolute atomic E-state index is 12.8. The van der Waals surface area contributed by atoms with Gasteiger partial charge in [-0.25, -0.2) is 18.4 Å². The van der Waals surface area contributed by atoms with Crippen LogP contribution < -0.4 is 20.3 Å². The van der Waals surface area contributed by atoms with Crippen molar-refractivity contribution in [2.75, 3.05) is 69.0 Å². The Kier molecular flexibility index (Phi) is 8.91. The van der Waals surface area contributed by atoms with Gasteiger partial charge in [0.05, 0.1) is 28.6 Å². The molecule has 0 unspecified atom stereocenters. The van der Waals surface area contributed by atoms with Gasteiger partial charge in [-0.15, -0.1) is 0 Å². The minimum absolute atomic E-state index is 0.203. The third-order valence-corrected chi connectivity index (χ3v) is 10.2. The fourth-order valence-electron chi connectivity index (χ4n) is 5.41. The van der Waals surface area contributed by atoms with Gasteiger partial charge in [-0.05, 0) is 71.1 Å². The molecule has 2 aliphatic heterocycles. The summed E-state index contributed by atoms with van der Waals surface area (Å²) in [6.07, 6.45) is 3.88. The molecule has 11 nitrogen and oxygen atoms in total. The van der Waals surface area contributed by atoms with Gasteiger partial charge >= 0.3 is 0 Å². The van der Waals surface area contributed by atoms with E-state index in [1.165, 1.54) is 32.3 Å². The average Bonchev–Trinajstić information content (AvgIpc) is 2.98. The summed E-state index contributed by atoms with van der Waals surface area (Å²) in [5.41, 5.74) is 2.26. The highest BCUT2D eigenvalue weighted by Crippen LogP contribution is 2.33. The van der Waals surface area contributed by atoms with Crippen LogP contribution in [-0.4, -0.2) is 97.9 Å². The number of nitrogens with zero attached hydrogens (tertiary/aromatic N) is 6. The zero-order chi connectivity index (χ0) is 29.0. The molecule has 0 radical (unpaired) electrons. The number of benzene rings is 2. The number of anilines is 5. The van der Waals surface area contributed by atoms with Crippen molar-refractivity contribution in [3.63, 3.8) is 0 Å². The SMILES string of the molecule is COc1cc(N2CCN(C3CCN(C)CC3)CC2)ccc1Nc1ncnc(Nc2ccccc2S(=O)(=O)C(C)C)n1. The van der Waals surface area contributed by atoms with Crippen LogP contribution in [-0.2, 0) is 9.84 Å². The lowest BCUT2D eigenvalue weighted by Crippen LogP contribution is -2.53. The number of likely N-dealkylation sites (tertiary alicyclic amines) is 1. The number of piperidine rings is 1. The Morgan fingerprint density at radius 3 is 2.22 bits per heavy atom. The monoisotopic (exact) mass is 580 g/mol. The van der Waals surface area contributed by atoms with Gasteiger partial charge < -0.3 is 25.2 Å². The highest BCUT2D eigenvalue weighted by Gasteiger charge is 2.27. The van der Waals surface area contributed by atoms with Crippen molar-refractivity contribution < 1.29 is 13.2 Å². The van der Waals surface area contributed by atoms with Crippen LogP contribution in [0.15, 0.2) is 53.7 Å². The largest absolute Gasteiger partial charge is 0.494 e. The Bertz CT molecular complexity index is 1440. The summed E-state index contributed by atoms with van der Waals surface area (Å²) in [6, 6.07) is 13.5.